The summed E-state index contributed by atoms with van der Waals surface area (Å²) in [6, 6.07) is 2.54. The summed E-state index contributed by atoms with van der Waals surface area (Å²) in [5.41, 5.74) is -4.73. The Morgan fingerprint density at radius 1 is 1.21 bits per heavy atom. The number of fused-ring (bicyclic) bond motifs is 1. The standard InChI is InChI=1S/C16H12F6N6O/c17-15(18,19)10-6-11(16(20,21)22)26-14(9(10)7-23)24-8-13(29)27-4-1-5-28-12(27)2-3-25-28/h2-3,6H,1,4-5,8H2,(H,24,26). The predicted octanol–water partition coefficient (Wildman–Crippen LogP) is 3.04. The summed E-state index contributed by atoms with van der Waals surface area (Å²) < 4.78 is 79.9. The number of nitrogens with one attached hydrogen (secondary N) is 1. The quantitative estimate of drug-likeness (QED) is 0.775. The van der Waals surface area contributed by atoms with E-state index < -0.39 is 47.4 Å². The van der Waals surface area contributed by atoms with Crippen LogP contribution in [0.4, 0.5) is 38.0 Å². The van der Waals surface area contributed by atoms with Crippen molar-refractivity contribution < 1.29 is 31.1 Å². The van der Waals surface area contributed by atoms with E-state index in [4.69, 9.17) is 5.26 Å². The minimum absolute atomic E-state index is 0.227. The zero-order chi connectivity index (χ0) is 21.4. The Balaban J connectivity index is 1.91. The highest BCUT2D eigenvalue weighted by atomic mass is 19.4. The maximum absolute atomic E-state index is 13.1. The molecule has 2 aromatic heterocycles. The van der Waals surface area contributed by atoms with Gasteiger partial charge >= 0.3 is 12.4 Å². The number of halogens is 6. The molecule has 7 nitrogen and oxygen atoms in total. The summed E-state index contributed by atoms with van der Waals surface area (Å²) in [5.74, 6) is -1.13. The molecule has 0 aliphatic carbocycles. The van der Waals surface area contributed by atoms with Crippen molar-refractivity contribution in [2.75, 3.05) is 23.3 Å². The fourth-order valence-corrected chi connectivity index (χ4v) is 2.88. The Hall–Kier alpha value is -3.30. The van der Waals surface area contributed by atoms with Crippen LogP contribution < -0.4 is 10.2 Å². The van der Waals surface area contributed by atoms with E-state index in [1.807, 2.05) is 0 Å². The largest absolute Gasteiger partial charge is 0.433 e. The highest BCUT2D eigenvalue weighted by Gasteiger charge is 2.41. The molecule has 0 aromatic carbocycles. The maximum Gasteiger partial charge on any atom is 0.433 e. The molecule has 29 heavy (non-hydrogen) atoms. The van der Waals surface area contributed by atoms with E-state index in [0.717, 1.165) is 0 Å². The third kappa shape index (κ3) is 4.10. The van der Waals surface area contributed by atoms with Crippen molar-refractivity contribution in [1.29, 1.82) is 5.26 Å². The van der Waals surface area contributed by atoms with Crippen LogP contribution in [0.3, 0.4) is 0 Å². The summed E-state index contributed by atoms with van der Waals surface area (Å²) in [5, 5.41) is 15.2. The summed E-state index contributed by atoms with van der Waals surface area (Å²) >= 11 is 0. The monoisotopic (exact) mass is 418 g/mol. The molecule has 0 saturated heterocycles. The molecule has 1 aliphatic rings. The average Bonchev–Trinajstić information content (AvgIpc) is 3.12. The molecule has 1 amide bonds. The average molecular weight is 418 g/mol. The molecule has 154 valence electrons. The number of rotatable bonds is 3. The van der Waals surface area contributed by atoms with Gasteiger partial charge in [-0.3, -0.25) is 9.69 Å². The number of nitriles is 1. The molecule has 0 fully saturated rings. The van der Waals surface area contributed by atoms with Crippen LogP contribution in [-0.4, -0.2) is 33.8 Å². The first kappa shape index (κ1) is 20.4. The van der Waals surface area contributed by atoms with Crippen molar-refractivity contribution >= 4 is 17.5 Å². The van der Waals surface area contributed by atoms with Crippen molar-refractivity contribution in [1.82, 2.24) is 14.8 Å². The van der Waals surface area contributed by atoms with Crippen LogP contribution in [0.1, 0.15) is 23.2 Å². The van der Waals surface area contributed by atoms with E-state index in [0.29, 0.717) is 25.3 Å². The topological polar surface area (TPSA) is 86.8 Å². The van der Waals surface area contributed by atoms with Gasteiger partial charge in [-0.15, -0.1) is 0 Å². The number of pyridine rings is 1. The number of hydrogen-bond acceptors (Lipinski definition) is 5. The van der Waals surface area contributed by atoms with Crippen LogP contribution in [0, 0.1) is 11.3 Å². The maximum atomic E-state index is 13.1. The van der Waals surface area contributed by atoms with Crippen LogP contribution in [-0.2, 0) is 23.7 Å². The molecule has 1 N–H and O–H groups in total. The number of anilines is 2. The highest BCUT2D eigenvalue weighted by molar-refractivity contribution is 5.95. The molecular formula is C16H12F6N6O. The van der Waals surface area contributed by atoms with Gasteiger partial charge in [-0.1, -0.05) is 0 Å². The normalized spacial score (nSPS) is 14.3. The zero-order valence-electron chi connectivity index (χ0n) is 14.5. The number of aromatic nitrogens is 3. The van der Waals surface area contributed by atoms with Crippen LogP contribution in [0.5, 0.6) is 0 Å². The van der Waals surface area contributed by atoms with E-state index in [1.165, 1.54) is 17.2 Å². The van der Waals surface area contributed by atoms with Crippen LogP contribution in [0.2, 0.25) is 0 Å². The Labute approximate surface area is 159 Å². The number of alkyl halides is 6. The van der Waals surface area contributed by atoms with Crippen molar-refractivity contribution in [2.24, 2.45) is 0 Å². The zero-order valence-corrected chi connectivity index (χ0v) is 14.5. The van der Waals surface area contributed by atoms with Gasteiger partial charge in [0.2, 0.25) is 5.91 Å². The summed E-state index contributed by atoms with van der Waals surface area (Å²) in [7, 11) is 0. The lowest BCUT2D eigenvalue weighted by Gasteiger charge is -2.27. The Bertz CT molecular complexity index is 974. The molecule has 3 heterocycles. The second-order valence-corrected chi connectivity index (χ2v) is 6.05. The van der Waals surface area contributed by atoms with Gasteiger partial charge in [0.1, 0.15) is 29.0 Å². The Kier molecular flexibility index (Phi) is 5.12. The van der Waals surface area contributed by atoms with Crippen molar-refractivity contribution in [3.05, 3.63) is 35.2 Å². The van der Waals surface area contributed by atoms with Crippen molar-refractivity contribution in [3.8, 4) is 6.07 Å². The van der Waals surface area contributed by atoms with E-state index >= 15 is 0 Å². The van der Waals surface area contributed by atoms with Crippen LogP contribution in [0.15, 0.2) is 18.3 Å². The van der Waals surface area contributed by atoms with Gasteiger partial charge in [0.05, 0.1) is 18.3 Å². The lowest BCUT2D eigenvalue weighted by molar-refractivity contribution is -0.145. The summed E-state index contributed by atoms with van der Waals surface area (Å²) in [4.78, 5) is 16.9. The molecule has 0 spiro atoms. The second-order valence-electron chi connectivity index (χ2n) is 6.05. The highest BCUT2D eigenvalue weighted by Crippen LogP contribution is 2.38. The van der Waals surface area contributed by atoms with Crippen molar-refractivity contribution in [2.45, 2.75) is 25.3 Å². The molecule has 1 aliphatic heterocycles. The molecule has 0 unspecified atom stereocenters. The van der Waals surface area contributed by atoms with Gasteiger partial charge < -0.3 is 5.32 Å². The first-order valence-corrected chi connectivity index (χ1v) is 8.18. The molecule has 0 saturated carbocycles. The smallest absolute Gasteiger partial charge is 0.360 e. The first-order valence-electron chi connectivity index (χ1n) is 8.18. The Morgan fingerprint density at radius 2 is 1.93 bits per heavy atom. The number of amides is 1. The number of hydrogen-bond donors (Lipinski definition) is 1. The van der Waals surface area contributed by atoms with Gasteiger partial charge in [0, 0.05) is 19.2 Å². The molecule has 0 atom stereocenters. The molecular weight excluding hydrogens is 406 g/mol. The number of carbonyl (C=O) groups excluding carboxylic acids is 1. The fourth-order valence-electron chi connectivity index (χ4n) is 2.88. The number of nitrogens with zero attached hydrogens (tertiary/aromatic N) is 5. The first-order chi connectivity index (χ1) is 13.5. The lowest BCUT2D eigenvalue weighted by Crippen LogP contribution is -2.41. The Morgan fingerprint density at radius 3 is 2.55 bits per heavy atom. The molecule has 0 radical (unpaired) electrons. The minimum Gasteiger partial charge on any atom is -0.360 e. The minimum atomic E-state index is -5.21. The SMILES string of the molecule is N#Cc1c(C(F)(F)F)cc(C(F)(F)F)nc1NCC(=O)N1CCCn2nccc21. The molecule has 3 rings (SSSR count). The van der Waals surface area contributed by atoms with Gasteiger partial charge in [-0.05, 0) is 12.5 Å². The van der Waals surface area contributed by atoms with Gasteiger partial charge in [0.15, 0.2) is 0 Å². The van der Waals surface area contributed by atoms with E-state index in [1.54, 1.807) is 10.7 Å². The van der Waals surface area contributed by atoms with E-state index in [2.05, 4.69) is 15.4 Å². The fraction of sp³-hybridized carbons (Fsp3) is 0.375. The van der Waals surface area contributed by atoms with Gasteiger partial charge in [-0.2, -0.15) is 36.7 Å². The van der Waals surface area contributed by atoms with Crippen LogP contribution in [0.25, 0.3) is 0 Å². The summed E-state index contributed by atoms with van der Waals surface area (Å²) in [6.07, 6.45) is -8.35. The lowest BCUT2D eigenvalue weighted by atomic mass is 10.1. The van der Waals surface area contributed by atoms with Gasteiger partial charge in [-0.25, -0.2) is 9.67 Å². The third-order valence-electron chi connectivity index (χ3n) is 4.16. The van der Waals surface area contributed by atoms with E-state index in [9.17, 15) is 31.1 Å². The second kappa shape index (κ2) is 7.26. The molecule has 2 aromatic rings. The molecule has 0 bridgehead atoms. The van der Waals surface area contributed by atoms with Crippen molar-refractivity contribution in [3.63, 3.8) is 0 Å². The molecule has 13 heteroatoms. The van der Waals surface area contributed by atoms with Crippen LogP contribution >= 0.6 is 0 Å². The predicted molar refractivity (Wildman–Crippen MR) is 86.6 cm³/mol. The summed E-state index contributed by atoms with van der Waals surface area (Å²) in [6.45, 7) is 0.217. The van der Waals surface area contributed by atoms with E-state index in [-0.39, 0.29) is 6.07 Å². The van der Waals surface area contributed by atoms with Gasteiger partial charge in [0.25, 0.3) is 0 Å². The third-order valence-corrected chi connectivity index (χ3v) is 4.16. The number of aryl methyl sites for hydroxylation is 1. The number of carbonyl (C=O) groups is 1.